The Morgan fingerprint density at radius 2 is 1.78 bits per heavy atom. The Balaban J connectivity index is 2.34. The fourth-order valence-corrected chi connectivity index (χ4v) is 2.95. The molecule has 3 amide bonds. The van der Waals surface area contributed by atoms with Gasteiger partial charge in [-0.05, 0) is 19.1 Å². The molecule has 1 aliphatic heterocycles. The van der Waals surface area contributed by atoms with E-state index in [1.807, 2.05) is 12.2 Å². The van der Waals surface area contributed by atoms with Crippen molar-refractivity contribution in [3.63, 3.8) is 0 Å². The van der Waals surface area contributed by atoms with Gasteiger partial charge in [-0.1, -0.05) is 17.7 Å². The predicted octanol–water partition coefficient (Wildman–Crippen LogP) is 0.626. The van der Waals surface area contributed by atoms with E-state index in [1.165, 1.54) is 12.1 Å². The highest BCUT2D eigenvalue weighted by Gasteiger charge is 2.33. The monoisotopic (exact) mass is 268 g/mol. The summed E-state index contributed by atoms with van der Waals surface area (Å²) >= 11 is 0. The molecule has 0 unspecified atom stereocenters. The third kappa shape index (κ3) is 2.21. The molecule has 1 saturated heterocycles. The van der Waals surface area contributed by atoms with Crippen LogP contribution in [0, 0.1) is 6.92 Å². The van der Waals surface area contributed by atoms with Gasteiger partial charge in [-0.15, -0.1) is 0 Å². The number of hydrogen-bond donors (Lipinski definition) is 1. The molecule has 0 atom stereocenters. The molecule has 0 spiro atoms. The lowest BCUT2D eigenvalue weighted by Gasteiger charge is -2.25. The van der Waals surface area contributed by atoms with E-state index >= 15 is 0 Å². The van der Waals surface area contributed by atoms with Gasteiger partial charge in [0.25, 0.3) is 10.0 Å². The second-order valence-electron chi connectivity index (χ2n) is 3.99. The molecular weight excluding hydrogens is 256 g/mol. The first-order valence-corrected chi connectivity index (χ1v) is 6.78. The predicted molar refractivity (Wildman–Crippen MR) is 63.2 cm³/mol. The molecule has 1 aromatic rings. The fraction of sp³-hybridized carbons (Fsp3) is 0.273. The first-order valence-electron chi connectivity index (χ1n) is 5.34. The van der Waals surface area contributed by atoms with E-state index in [9.17, 15) is 18.0 Å². The van der Waals surface area contributed by atoms with Gasteiger partial charge in [0, 0.05) is 13.0 Å². The SMILES string of the molecule is Cc1ccc(S(=O)(=O)N2CCC(=O)NC2=O)cc1. The Kier molecular flexibility index (Phi) is 3.08. The van der Waals surface area contributed by atoms with Crippen LogP contribution in [0.15, 0.2) is 29.2 Å². The molecule has 1 N–H and O–H groups in total. The van der Waals surface area contributed by atoms with Crippen LogP contribution in [0.5, 0.6) is 0 Å². The Morgan fingerprint density at radius 3 is 2.33 bits per heavy atom. The highest BCUT2D eigenvalue weighted by Crippen LogP contribution is 2.18. The third-order valence-corrected chi connectivity index (χ3v) is 4.42. The summed E-state index contributed by atoms with van der Waals surface area (Å²) < 4.78 is 25.0. The highest BCUT2D eigenvalue weighted by atomic mass is 32.2. The first kappa shape index (κ1) is 12.6. The number of amides is 3. The Hall–Kier alpha value is -1.89. The zero-order valence-corrected chi connectivity index (χ0v) is 10.5. The second kappa shape index (κ2) is 4.41. The van der Waals surface area contributed by atoms with Crippen molar-refractivity contribution in [2.45, 2.75) is 18.2 Å². The van der Waals surface area contributed by atoms with E-state index in [4.69, 9.17) is 0 Å². The minimum Gasteiger partial charge on any atom is -0.277 e. The average molecular weight is 268 g/mol. The minimum atomic E-state index is -3.88. The summed E-state index contributed by atoms with van der Waals surface area (Å²) in [5.74, 6) is -0.463. The van der Waals surface area contributed by atoms with Crippen molar-refractivity contribution in [2.24, 2.45) is 0 Å². The number of imide groups is 1. The van der Waals surface area contributed by atoms with Gasteiger partial charge in [-0.2, -0.15) is 0 Å². The van der Waals surface area contributed by atoms with Gasteiger partial charge in [0.15, 0.2) is 0 Å². The molecule has 0 saturated carbocycles. The van der Waals surface area contributed by atoms with Crippen LogP contribution >= 0.6 is 0 Å². The van der Waals surface area contributed by atoms with E-state index in [0.29, 0.717) is 4.31 Å². The number of nitrogens with zero attached hydrogens (tertiary/aromatic N) is 1. The van der Waals surface area contributed by atoms with Crippen molar-refractivity contribution in [3.05, 3.63) is 29.8 Å². The van der Waals surface area contributed by atoms with Crippen LogP contribution < -0.4 is 5.32 Å². The summed E-state index contributed by atoms with van der Waals surface area (Å²) in [6.45, 7) is 1.71. The molecule has 1 heterocycles. The van der Waals surface area contributed by atoms with E-state index in [2.05, 4.69) is 0 Å². The third-order valence-electron chi connectivity index (χ3n) is 2.62. The smallest absolute Gasteiger partial charge is 0.277 e. The Morgan fingerprint density at radius 1 is 1.17 bits per heavy atom. The lowest BCUT2D eigenvalue weighted by atomic mass is 10.2. The number of carbonyl (C=O) groups is 2. The zero-order valence-electron chi connectivity index (χ0n) is 9.71. The molecule has 7 heteroatoms. The lowest BCUT2D eigenvalue weighted by molar-refractivity contribution is -0.121. The van der Waals surface area contributed by atoms with Crippen LogP contribution in [-0.4, -0.2) is 31.2 Å². The van der Waals surface area contributed by atoms with Crippen LogP contribution in [-0.2, 0) is 14.8 Å². The summed E-state index contributed by atoms with van der Waals surface area (Å²) in [6.07, 6.45) is -0.0170. The van der Waals surface area contributed by atoms with Crippen molar-refractivity contribution < 1.29 is 18.0 Å². The Bertz CT molecular complexity index is 592. The van der Waals surface area contributed by atoms with Crippen molar-refractivity contribution in [1.82, 2.24) is 9.62 Å². The van der Waals surface area contributed by atoms with Gasteiger partial charge < -0.3 is 0 Å². The topological polar surface area (TPSA) is 83.6 Å². The van der Waals surface area contributed by atoms with E-state index in [0.717, 1.165) is 5.56 Å². The number of hydrogen-bond acceptors (Lipinski definition) is 4. The molecule has 1 aliphatic rings. The molecule has 0 aromatic heterocycles. The maximum absolute atomic E-state index is 12.2. The molecule has 18 heavy (non-hydrogen) atoms. The maximum Gasteiger partial charge on any atom is 0.337 e. The quantitative estimate of drug-likeness (QED) is 0.852. The van der Waals surface area contributed by atoms with Crippen molar-refractivity contribution >= 4 is 22.0 Å². The molecular formula is C11H12N2O4S. The van der Waals surface area contributed by atoms with Crippen molar-refractivity contribution in [2.75, 3.05) is 6.54 Å². The normalized spacial score (nSPS) is 16.6. The molecule has 6 nitrogen and oxygen atoms in total. The van der Waals surface area contributed by atoms with Crippen molar-refractivity contribution in [3.8, 4) is 0 Å². The number of aryl methyl sites for hydroxylation is 1. The minimum absolute atomic E-state index is 0.0170. The number of benzene rings is 1. The summed E-state index contributed by atoms with van der Waals surface area (Å²) in [4.78, 5) is 22.5. The first-order chi connectivity index (χ1) is 8.41. The van der Waals surface area contributed by atoms with Crippen LogP contribution in [0.3, 0.4) is 0 Å². The van der Waals surface area contributed by atoms with Gasteiger partial charge in [0.05, 0.1) is 4.90 Å². The molecule has 96 valence electrons. The van der Waals surface area contributed by atoms with E-state index in [-0.39, 0.29) is 17.9 Å². The molecule has 2 rings (SSSR count). The summed E-state index contributed by atoms with van der Waals surface area (Å²) in [5.41, 5.74) is 0.923. The van der Waals surface area contributed by atoms with Gasteiger partial charge in [-0.25, -0.2) is 17.5 Å². The molecule has 1 aromatic carbocycles. The molecule has 0 bridgehead atoms. The van der Waals surface area contributed by atoms with Gasteiger partial charge in [0.1, 0.15) is 0 Å². The number of carbonyl (C=O) groups excluding carboxylic acids is 2. The summed E-state index contributed by atoms with van der Waals surface area (Å²) in [6, 6.07) is 5.29. The van der Waals surface area contributed by atoms with Crippen LogP contribution in [0.2, 0.25) is 0 Å². The molecule has 0 aliphatic carbocycles. The number of nitrogens with one attached hydrogen (secondary N) is 1. The largest absolute Gasteiger partial charge is 0.337 e. The number of urea groups is 1. The van der Waals surface area contributed by atoms with Crippen molar-refractivity contribution in [1.29, 1.82) is 0 Å². The summed E-state index contributed by atoms with van der Waals surface area (Å²) in [7, 11) is -3.88. The van der Waals surface area contributed by atoms with Crippen LogP contribution in [0.25, 0.3) is 0 Å². The van der Waals surface area contributed by atoms with Gasteiger partial charge >= 0.3 is 6.03 Å². The second-order valence-corrected chi connectivity index (χ2v) is 5.86. The average Bonchev–Trinajstić information content (AvgIpc) is 2.29. The fourth-order valence-electron chi connectivity index (χ4n) is 1.62. The number of sulfonamides is 1. The van der Waals surface area contributed by atoms with Crippen LogP contribution in [0.1, 0.15) is 12.0 Å². The van der Waals surface area contributed by atoms with E-state index < -0.39 is 22.0 Å². The zero-order chi connectivity index (χ0) is 13.3. The van der Waals surface area contributed by atoms with Gasteiger partial charge in [0.2, 0.25) is 5.91 Å². The number of rotatable bonds is 2. The maximum atomic E-state index is 12.2. The van der Waals surface area contributed by atoms with Crippen LogP contribution in [0.4, 0.5) is 4.79 Å². The van der Waals surface area contributed by atoms with E-state index in [1.54, 1.807) is 12.1 Å². The molecule has 0 radical (unpaired) electrons. The molecule has 1 fully saturated rings. The van der Waals surface area contributed by atoms with Gasteiger partial charge in [-0.3, -0.25) is 10.1 Å². The summed E-state index contributed by atoms with van der Waals surface area (Å²) in [5, 5.41) is 1.99. The Labute approximate surface area is 105 Å². The lowest BCUT2D eigenvalue weighted by Crippen LogP contribution is -2.51. The standard InChI is InChI=1S/C11H12N2O4S/c1-8-2-4-9(5-3-8)18(16,17)13-7-6-10(14)12-11(13)15/h2-5H,6-7H2,1H3,(H,12,14,15). The highest BCUT2D eigenvalue weighted by molar-refractivity contribution is 7.89.